The Morgan fingerprint density at radius 2 is 1.78 bits per heavy atom. The van der Waals surface area contributed by atoms with E-state index in [1.807, 2.05) is 45.3 Å². The molecule has 1 aliphatic carbocycles. The largest absolute Gasteiger partial charge is 0.494 e. The van der Waals surface area contributed by atoms with Gasteiger partial charge in [-0.2, -0.15) is 4.98 Å². The molecule has 0 radical (unpaired) electrons. The lowest BCUT2D eigenvalue weighted by Crippen LogP contribution is -2.37. The molecule has 0 bridgehead atoms. The van der Waals surface area contributed by atoms with Crippen LogP contribution in [-0.2, 0) is 6.54 Å². The van der Waals surface area contributed by atoms with Crippen LogP contribution in [0.2, 0.25) is 0 Å². The summed E-state index contributed by atoms with van der Waals surface area (Å²) in [6.45, 7) is 3.52. The number of para-hydroxylation sites is 1. The van der Waals surface area contributed by atoms with Crippen molar-refractivity contribution in [2.45, 2.75) is 51.2 Å². The molecule has 0 spiro atoms. The van der Waals surface area contributed by atoms with Crippen molar-refractivity contribution in [2.24, 2.45) is 0 Å². The van der Waals surface area contributed by atoms with Gasteiger partial charge in [0.25, 0.3) is 0 Å². The normalized spacial score (nSPS) is 18.5. The van der Waals surface area contributed by atoms with Crippen LogP contribution in [0, 0.1) is 0 Å². The maximum Gasteiger partial charge on any atom is 0.225 e. The zero-order chi connectivity index (χ0) is 22.5. The standard InChI is InChI=1S/C25H32BrN5O/c1-4-32-23-14-9-18(26)15-17(23)16-27-19-10-12-20(13-11-19)28-25-29-22-8-6-5-7-21(22)24(30-25)31(2)3/h5-9,14-15,19-20,27H,4,10-13,16H2,1-3H3,(H,28,29,30). The average molecular weight is 498 g/mol. The highest BCUT2D eigenvalue weighted by atomic mass is 79.9. The van der Waals surface area contributed by atoms with Crippen LogP contribution in [-0.4, -0.2) is 42.8 Å². The molecule has 2 N–H and O–H groups in total. The molecule has 0 atom stereocenters. The second kappa shape index (κ2) is 10.5. The first-order valence-electron chi connectivity index (χ1n) is 11.4. The number of fused-ring (bicyclic) bond motifs is 1. The summed E-state index contributed by atoms with van der Waals surface area (Å²) in [5, 5.41) is 8.40. The van der Waals surface area contributed by atoms with Gasteiger partial charge in [0.05, 0.1) is 12.1 Å². The van der Waals surface area contributed by atoms with E-state index >= 15 is 0 Å². The fourth-order valence-corrected chi connectivity index (χ4v) is 4.74. The van der Waals surface area contributed by atoms with Gasteiger partial charge in [-0.25, -0.2) is 4.98 Å². The maximum atomic E-state index is 5.78. The molecule has 3 aromatic rings. The third-order valence-corrected chi connectivity index (χ3v) is 6.46. The van der Waals surface area contributed by atoms with Gasteiger partial charge >= 0.3 is 0 Å². The molecule has 6 nitrogen and oxygen atoms in total. The molecule has 4 rings (SSSR count). The summed E-state index contributed by atoms with van der Waals surface area (Å²) >= 11 is 3.58. The summed E-state index contributed by atoms with van der Waals surface area (Å²) in [4.78, 5) is 11.6. The number of rotatable bonds is 8. The summed E-state index contributed by atoms with van der Waals surface area (Å²) in [7, 11) is 4.05. The smallest absolute Gasteiger partial charge is 0.225 e. The van der Waals surface area contributed by atoms with E-state index in [4.69, 9.17) is 14.7 Å². The van der Waals surface area contributed by atoms with Crippen molar-refractivity contribution in [3.63, 3.8) is 0 Å². The van der Waals surface area contributed by atoms with Gasteiger partial charge in [-0.05, 0) is 62.9 Å². The first kappa shape index (κ1) is 22.8. The van der Waals surface area contributed by atoms with Crippen molar-refractivity contribution in [3.05, 3.63) is 52.5 Å². The maximum absolute atomic E-state index is 5.78. The van der Waals surface area contributed by atoms with E-state index in [0.29, 0.717) is 18.7 Å². The van der Waals surface area contributed by atoms with Gasteiger partial charge in [-0.1, -0.05) is 28.1 Å². The average Bonchev–Trinajstić information content (AvgIpc) is 2.79. The molecule has 0 unspecified atom stereocenters. The quantitative estimate of drug-likeness (QED) is 0.436. The first-order chi connectivity index (χ1) is 15.5. The molecule has 32 heavy (non-hydrogen) atoms. The number of hydrogen-bond acceptors (Lipinski definition) is 6. The molecular weight excluding hydrogens is 466 g/mol. The molecule has 1 heterocycles. The van der Waals surface area contributed by atoms with E-state index in [9.17, 15) is 0 Å². The molecule has 0 amide bonds. The van der Waals surface area contributed by atoms with Crippen molar-refractivity contribution in [2.75, 3.05) is 30.9 Å². The second-order valence-corrected chi connectivity index (χ2v) is 9.46. The predicted octanol–water partition coefficient (Wildman–Crippen LogP) is 5.37. The number of anilines is 2. The summed E-state index contributed by atoms with van der Waals surface area (Å²) < 4.78 is 6.87. The number of benzene rings is 2. The lowest BCUT2D eigenvalue weighted by molar-refractivity contribution is 0.327. The van der Waals surface area contributed by atoms with E-state index in [2.05, 4.69) is 49.7 Å². The Morgan fingerprint density at radius 1 is 1.03 bits per heavy atom. The molecule has 0 saturated heterocycles. The second-order valence-electron chi connectivity index (χ2n) is 8.54. The van der Waals surface area contributed by atoms with Crippen molar-refractivity contribution >= 4 is 38.6 Å². The molecule has 1 fully saturated rings. The van der Waals surface area contributed by atoms with Crippen LogP contribution in [0.3, 0.4) is 0 Å². The van der Waals surface area contributed by atoms with Crippen molar-refractivity contribution < 1.29 is 4.74 Å². The highest BCUT2D eigenvalue weighted by Crippen LogP contribution is 2.27. The Hall–Kier alpha value is -2.38. The summed E-state index contributed by atoms with van der Waals surface area (Å²) in [5.41, 5.74) is 2.17. The number of nitrogens with zero attached hydrogens (tertiary/aromatic N) is 3. The lowest BCUT2D eigenvalue weighted by Gasteiger charge is -2.30. The summed E-state index contributed by atoms with van der Waals surface area (Å²) in [6.07, 6.45) is 4.46. The first-order valence-corrected chi connectivity index (χ1v) is 12.2. The van der Waals surface area contributed by atoms with Gasteiger partial charge in [0, 0.05) is 48.1 Å². The van der Waals surface area contributed by atoms with Crippen LogP contribution in [0.1, 0.15) is 38.2 Å². The molecule has 0 aliphatic heterocycles. The third-order valence-electron chi connectivity index (χ3n) is 5.97. The molecule has 1 aromatic heterocycles. The predicted molar refractivity (Wildman–Crippen MR) is 136 cm³/mol. The van der Waals surface area contributed by atoms with Gasteiger partial charge in [0.15, 0.2) is 0 Å². The number of nitrogens with one attached hydrogen (secondary N) is 2. The van der Waals surface area contributed by atoms with Gasteiger partial charge in [0.2, 0.25) is 5.95 Å². The van der Waals surface area contributed by atoms with Crippen molar-refractivity contribution in [1.29, 1.82) is 0 Å². The van der Waals surface area contributed by atoms with Crippen molar-refractivity contribution in [3.8, 4) is 5.75 Å². The summed E-state index contributed by atoms with van der Waals surface area (Å²) in [5.74, 6) is 2.63. The van der Waals surface area contributed by atoms with Gasteiger partial charge < -0.3 is 20.3 Å². The van der Waals surface area contributed by atoms with Crippen molar-refractivity contribution in [1.82, 2.24) is 15.3 Å². The molecule has 1 saturated carbocycles. The van der Waals surface area contributed by atoms with Crippen LogP contribution in [0.5, 0.6) is 5.75 Å². The Balaban J connectivity index is 1.34. The zero-order valence-corrected chi connectivity index (χ0v) is 20.7. The van der Waals surface area contributed by atoms with E-state index in [0.717, 1.165) is 65.1 Å². The van der Waals surface area contributed by atoms with Crippen LogP contribution in [0.15, 0.2) is 46.9 Å². The van der Waals surface area contributed by atoms with Gasteiger partial charge in [-0.3, -0.25) is 0 Å². The minimum absolute atomic E-state index is 0.397. The third kappa shape index (κ3) is 5.51. The fraction of sp³-hybridized carbons (Fsp3) is 0.440. The Labute approximate surface area is 198 Å². The molecule has 1 aliphatic rings. The number of aromatic nitrogens is 2. The Morgan fingerprint density at radius 3 is 2.53 bits per heavy atom. The molecule has 170 valence electrons. The van der Waals surface area contributed by atoms with Gasteiger partial charge in [0.1, 0.15) is 11.6 Å². The molecular formula is C25H32BrN5O. The van der Waals surface area contributed by atoms with E-state index in [1.54, 1.807) is 0 Å². The topological polar surface area (TPSA) is 62.3 Å². The summed E-state index contributed by atoms with van der Waals surface area (Å²) in [6, 6.07) is 15.3. The number of hydrogen-bond donors (Lipinski definition) is 2. The van der Waals surface area contributed by atoms with E-state index in [1.165, 1.54) is 5.56 Å². The molecule has 7 heteroatoms. The van der Waals surface area contributed by atoms with E-state index in [-0.39, 0.29) is 0 Å². The number of halogens is 1. The Bertz CT molecular complexity index is 1050. The van der Waals surface area contributed by atoms with E-state index < -0.39 is 0 Å². The Kier molecular flexibility index (Phi) is 7.48. The van der Waals surface area contributed by atoms with Gasteiger partial charge in [-0.15, -0.1) is 0 Å². The number of ether oxygens (including phenoxy) is 1. The fourth-order valence-electron chi connectivity index (χ4n) is 4.33. The van der Waals surface area contributed by atoms with Crippen LogP contribution in [0.25, 0.3) is 10.9 Å². The highest BCUT2D eigenvalue weighted by molar-refractivity contribution is 9.10. The minimum Gasteiger partial charge on any atom is -0.494 e. The highest BCUT2D eigenvalue weighted by Gasteiger charge is 2.22. The van der Waals surface area contributed by atoms with Crippen LogP contribution in [0.4, 0.5) is 11.8 Å². The van der Waals surface area contributed by atoms with Crippen LogP contribution >= 0.6 is 15.9 Å². The lowest BCUT2D eigenvalue weighted by atomic mass is 9.91. The SMILES string of the molecule is CCOc1ccc(Br)cc1CNC1CCC(Nc2nc(N(C)C)c3ccccc3n2)CC1. The monoisotopic (exact) mass is 497 g/mol. The molecule has 2 aromatic carbocycles. The zero-order valence-electron chi connectivity index (χ0n) is 19.1. The van der Waals surface area contributed by atoms with Crippen LogP contribution < -0.4 is 20.3 Å². The minimum atomic E-state index is 0.397.